The van der Waals surface area contributed by atoms with E-state index < -0.39 is 23.8 Å². The van der Waals surface area contributed by atoms with E-state index in [4.69, 9.17) is 4.84 Å². The standard InChI is InChI=1S/C10H11N3O4/c14-6-5-12-9(15)8(6)10(16)13-17-7-3-1-2-4-11-7/h1-4,6,8,14H,5H2,(H,12,15)(H,13,16). The van der Waals surface area contributed by atoms with Crippen LogP contribution in [0.1, 0.15) is 0 Å². The average molecular weight is 237 g/mol. The summed E-state index contributed by atoms with van der Waals surface area (Å²) < 4.78 is 0. The Labute approximate surface area is 96.8 Å². The van der Waals surface area contributed by atoms with Gasteiger partial charge in [-0.25, -0.2) is 4.98 Å². The number of pyridine rings is 1. The number of β-amino-alcohol motifs (C(OH)–C–C–N with tert-alkyl or cyclic N) is 1. The Kier molecular flexibility index (Phi) is 3.20. The SMILES string of the molecule is O=C1NCC(O)C1C(=O)NOc1ccccn1. The molecule has 2 heterocycles. The van der Waals surface area contributed by atoms with E-state index in [-0.39, 0.29) is 12.4 Å². The van der Waals surface area contributed by atoms with E-state index in [1.165, 1.54) is 6.20 Å². The molecule has 7 nitrogen and oxygen atoms in total. The Morgan fingerprint density at radius 1 is 1.59 bits per heavy atom. The van der Waals surface area contributed by atoms with Gasteiger partial charge in [-0.05, 0) is 6.07 Å². The van der Waals surface area contributed by atoms with Gasteiger partial charge in [-0.2, -0.15) is 5.48 Å². The van der Waals surface area contributed by atoms with Crippen molar-refractivity contribution in [2.75, 3.05) is 6.54 Å². The third-order valence-electron chi connectivity index (χ3n) is 2.33. The van der Waals surface area contributed by atoms with Crippen molar-refractivity contribution in [1.82, 2.24) is 15.8 Å². The van der Waals surface area contributed by atoms with Gasteiger partial charge in [0.25, 0.3) is 5.91 Å². The van der Waals surface area contributed by atoms with Crippen LogP contribution in [0.2, 0.25) is 0 Å². The summed E-state index contributed by atoms with van der Waals surface area (Å²) in [5, 5.41) is 11.8. The van der Waals surface area contributed by atoms with Crippen LogP contribution < -0.4 is 15.6 Å². The number of aliphatic hydroxyl groups is 1. The fraction of sp³-hybridized carbons (Fsp3) is 0.300. The summed E-state index contributed by atoms with van der Waals surface area (Å²) in [6, 6.07) is 4.93. The van der Waals surface area contributed by atoms with Crippen molar-refractivity contribution in [3.63, 3.8) is 0 Å². The third kappa shape index (κ3) is 2.51. The van der Waals surface area contributed by atoms with Crippen LogP contribution in [0.25, 0.3) is 0 Å². The molecule has 2 amide bonds. The zero-order valence-corrected chi connectivity index (χ0v) is 8.79. The number of nitrogens with zero attached hydrogens (tertiary/aromatic N) is 1. The van der Waals surface area contributed by atoms with Gasteiger partial charge in [0.2, 0.25) is 11.8 Å². The number of rotatable bonds is 3. The number of amides is 2. The normalized spacial score (nSPS) is 23.0. The number of carbonyl (C=O) groups excluding carboxylic acids is 2. The molecule has 2 atom stereocenters. The monoisotopic (exact) mass is 237 g/mol. The smallest absolute Gasteiger partial charge is 0.267 e. The maximum atomic E-state index is 11.6. The molecule has 3 N–H and O–H groups in total. The number of hydrogen-bond donors (Lipinski definition) is 3. The fourth-order valence-electron chi connectivity index (χ4n) is 1.48. The van der Waals surface area contributed by atoms with Crippen molar-refractivity contribution in [3.8, 4) is 5.88 Å². The molecule has 0 aliphatic carbocycles. The predicted octanol–water partition coefficient (Wildman–Crippen LogP) is -1.40. The van der Waals surface area contributed by atoms with Crippen LogP contribution in [0.3, 0.4) is 0 Å². The summed E-state index contributed by atoms with van der Waals surface area (Å²) in [5.41, 5.74) is 2.08. The fourth-order valence-corrected chi connectivity index (χ4v) is 1.48. The highest BCUT2D eigenvalue weighted by Crippen LogP contribution is 2.11. The molecule has 17 heavy (non-hydrogen) atoms. The van der Waals surface area contributed by atoms with Gasteiger partial charge in [0.15, 0.2) is 0 Å². The van der Waals surface area contributed by atoms with Crippen LogP contribution in [-0.4, -0.2) is 34.6 Å². The Bertz CT molecular complexity index is 423. The van der Waals surface area contributed by atoms with Crippen molar-refractivity contribution in [1.29, 1.82) is 0 Å². The van der Waals surface area contributed by atoms with E-state index >= 15 is 0 Å². The summed E-state index contributed by atoms with van der Waals surface area (Å²) in [4.78, 5) is 31.5. The summed E-state index contributed by atoms with van der Waals surface area (Å²) in [6.07, 6.45) is 0.466. The van der Waals surface area contributed by atoms with Crippen LogP contribution in [0.15, 0.2) is 24.4 Å². The van der Waals surface area contributed by atoms with E-state index in [2.05, 4.69) is 15.8 Å². The molecule has 90 valence electrons. The number of carbonyl (C=O) groups is 2. The molecule has 0 radical (unpaired) electrons. The molecule has 1 aliphatic rings. The van der Waals surface area contributed by atoms with Crippen LogP contribution >= 0.6 is 0 Å². The van der Waals surface area contributed by atoms with Gasteiger partial charge < -0.3 is 15.3 Å². The molecule has 2 unspecified atom stereocenters. The van der Waals surface area contributed by atoms with Crippen LogP contribution in [-0.2, 0) is 9.59 Å². The van der Waals surface area contributed by atoms with Crippen molar-refractivity contribution < 1.29 is 19.5 Å². The molecule has 1 saturated heterocycles. The Morgan fingerprint density at radius 3 is 3.00 bits per heavy atom. The lowest BCUT2D eigenvalue weighted by molar-refractivity contribution is -0.140. The quantitative estimate of drug-likeness (QED) is 0.443. The minimum absolute atomic E-state index is 0.0699. The summed E-state index contributed by atoms with van der Waals surface area (Å²) in [7, 11) is 0. The van der Waals surface area contributed by atoms with Crippen molar-refractivity contribution in [2.24, 2.45) is 5.92 Å². The predicted molar refractivity (Wildman–Crippen MR) is 55.5 cm³/mol. The summed E-state index contributed by atoms with van der Waals surface area (Å²) in [5.74, 6) is -2.15. The lowest BCUT2D eigenvalue weighted by atomic mass is 10.1. The van der Waals surface area contributed by atoms with Gasteiger partial charge >= 0.3 is 0 Å². The molecule has 1 aromatic rings. The molecular weight excluding hydrogens is 226 g/mol. The maximum absolute atomic E-state index is 11.6. The number of aromatic nitrogens is 1. The first-order chi connectivity index (χ1) is 8.18. The van der Waals surface area contributed by atoms with Crippen LogP contribution in [0, 0.1) is 5.92 Å². The number of hydroxylamine groups is 1. The molecule has 1 aliphatic heterocycles. The molecule has 1 aromatic heterocycles. The lowest BCUT2D eigenvalue weighted by Gasteiger charge is -2.11. The van der Waals surface area contributed by atoms with Gasteiger partial charge in [-0.3, -0.25) is 9.59 Å². The zero-order chi connectivity index (χ0) is 12.3. The minimum atomic E-state index is -1.14. The highest BCUT2D eigenvalue weighted by Gasteiger charge is 2.39. The highest BCUT2D eigenvalue weighted by atomic mass is 16.7. The van der Waals surface area contributed by atoms with Gasteiger partial charge in [-0.1, -0.05) is 6.07 Å². The molecular formula is C10H11N3O4. The lowest BCUT2D eigenvalue weighted by Crippen LogP contribution is -2.41. The zero-order valence-electron chi connectivity index (χ0n) is 8.79. The molecule has 0 bridgehead atoms. The Hall–Kier alpha value is -2.15. The van der Waals surface area contributed by atoms with E-state index in [1.54, 1.807) is 18.2 Å². The molecule has 7 heteroatoms. The van der Waals surface area contributed by atoms with E-state index in [1.807, 2.05) is 0 Å². The van der Waals surface area contributed by atoms with E-state index in [0.717, 1.165) is 0 Å². The van der Waals surface area contributed by atoms with Crippen molar-refractivity contribution in [3.05, 3.63) is 24.4 Å². The average Bonchev–Trinajstić information content (AvgIpc) is 2.67. The van der Waals surface area contributed by atoms with Gasteiger partial charge in [0, 0.05) is 18.8 Å². The Balaban J connectivity index is 1.91. The second-order valence-corrected chi connectivity index (χ2v) is 3.53. The first kappa shape index (κ1) is 11.3. The number of nitrogens with one attached hydrogen (secondary N) is 2. The highest BCUT2D eigenvalue weighted by molar-refractivity contribution is 6.02. The van der Waals surface area contributed by atoms with Crippen LogP contribution in [0.4, 0.5) is 0 Å². The van der Waals surface area contributed by atoms with Crippen LogP contribution in [0.5, 0.6) is 5.88 Å². The summed E-state index contributed by atoms with van der Waals surface area (Å²) in [6.45, 7) is 0.0699. The van der Waals surface area contributed by atoms with Gasteiger partial charge in [-0.15, -0.1) is 0 Å². The first-order valence-corrected chi connectivity index (χ1v) is 5.02. The number of aliphatic hydroxyl groups excluding tert-OH is 1. The second kappa shape index (κ2) is 4.79. The third-order valence-corrected chi connectivity index (χ3v) is 2.33. The Morgan fingerprint density at radius 2 is 2.41 bits per heavy atom. The molecule has 2 rings (SSSR count). The molecule has 1 fully saturated rings. The van der Waals surface area contributed by atoms with Crippen molar-refractivity contribution >= 4 is 11.8 Å². The largest absolute Gasteiger partial charge is 0.390 e. The van der Waals surface area contributed by atoms with E-state index in [0.29, 0.717) is 0 Å². The summed E-state index contributed by atoms with van der Waals surface area (Å²) >= 11 is 0. The van der Waals surface area contributed by atoms with E-state index in [9.17, 15) is 14.7 Å². The minimum Gasteiger partial charge on any atom is -0.390 e. The topological polar surface area (TPSA) is 101 Å². The maximum Gasteiger partial charge on any atom is 0.267 e. The van der Waals surface area contributed by atoms with Gasteiger partial charge in [0.1, 0.15) is 5.92 Å². The first-order valence-electron chi connectivity index (χ1n) is 5.02. The molecule has 0 saturated carbocycles. The van der Waals surface area contributed by atoms with Crippen molar-refractivity contribution in [2.45, 2.75) is 6.10 Å². The second-order valence-electron chi connectivity index (χ2n) is 3.53. The number of hydrogen-bond acceptors (Lipinski definition) is 5. The molecule has 0 spiro atoms. The van der Waals surface area contributed by atoms with Gasteiger partial charge in [0.05, 0.1) is 6.10 Å². The molecule has 0 aromatic carbocycles.